The van der Waals surface area contributed by atoms with Gasteiger partial charge in [0.1, 0.15) is 12.0 Å². The summed E-state index contributed by atoms with van der Waals surface area (Å²) in [5.41, 5.74) is 0.833. The summed E-state index contributed by atoms with van der Waals surface area (Å²) in [6.07, 6.45) is 3.48. The van der Waals surface area contributed by atoms with Crippen LogP contribution in [0.1, 0.15) is 17.7 Å². The number of hydrogen-bond acceptors (Lipinski definition) is 3. The van der Waals surface area contributed by atoms with Crippen LogP contribution in [0.3, 0.4) is 0 Å². The first-order chi connectivity index (χ1) is 6.75. The number of aromatic nitrogens is 2. The number of nitrogens with zero attached hydrogens (tertiary/aromatic N) is 2. The molecule has 2 heterocycles. The van der Waals surface area contributed by atoms with E-state index in [1.165, 1.54) is 0 Å². The molecule has 0 radical (unpaired) electrons. The van der Waals surface area contributed by atoms with E-state index in [9.17, 15) is 5.11 Å². The molecular weight excluding hydrogens is 180 g/mol. The summed E-state index contributed by atoms with van der Waals surface area (Å²) in [7, 11) is 0. The molecule has 1 atom stereocenters. The standard InChI is InChI=1S/C10H12N2O2/c1-8-6-9(14-11-8)7-10(13)12-4-2-3-5-12/h2-6,10,13H,7H2,1H3/t10-/m1/s1. The van der Waals surface area contributed by atoms with Gasteiger partial charge in [-0.1, -0.05) is 5.16 Å². The maximum Gasteiger partial charge on any atom is 0.141 e. The minimum atomic E-state index is -0.586. The molecule has 1 N–H and O–H groups in total. The van der Waals surface area contributed by atoms with E-state index in [1.54, 1.807) is 4.57 Å². The second-order valence-corrected chi connectivity index (χ2v) is 3.25. The fraction of sp³-hybridized carbons (Fsp3) is 0.300. The molecule has 14 heavy (non-hydrogen) atoms. The van der Waals surface area contributed by atoms with Gasteiger partial charge >= 0.3 is 0 Å². The van der Waals surface area contributed by atoms with Crippen molar-refractivity contribution in [3.05, 3.63) is 42.0 Å². The molecule has 0 aliphatic carbocycles. The molecule has 2 rings (SSSR count). The van der Waals surface area contributed by atoms with Crippen LogP contribution in [-0.2, 0) is 6.42 Å². The predicted octanol–water partition coefficient (Wildman–Crippen LogP) is 1.52. The minimum absolute atomic E-state index is 0.440. The maximum absolute atomic E-state index is 9.75. The van der Waals surface area contributed by atoms with Crippen molar-refractivity contribution < 1.29 is 9.63 Å². The monoisotopic (exact) mass is 192 g/mol. The molecule has 0 aliphatic rings. The minimum Gasteiger partial charge on any atom is -0.373 e. The highest BCUT2D eigenvalue weighted by molar-refractivity contribution is 5.04. The third-order valence-electron chi connectivity index (χ3n) is 2.03. The molecule has 4 heteroatoms. The van der Waals surface area contributed by atoms with Crippen molar-refractivity contribution in [3.8, 4) is 0 Å². The molecule has 0 saturated carbocycles. The average molecular weight is 192 g/mol. The van der Waals surface area contributed by atoms with Gasteiger partial charge in [0.25, 0.3) is 0 Å². The Hall–Kier alpha value is -1.55. The van der Waals surface area contributed by atoms with Crippen LogP contribution in [0, 0.1) is 6.92 Å². The molecule has 0 fully saturated rings. The summed E-state index contributed by atoms with van der Waals surface area (Å²) in [6, 6.07) is 5.57. The molecule has 2 aromatic rings. The summed E-state index contributed by atoms with van der Waals surface area (Å²) < 4.78 is 6.73. The van der Waals surface area contributed by atoms with Crippen molar-refractivity contribution in [2.75, 3.05) is 0 Å². The normalized spacial score (nSPS) is 13.0. The fourth-order valence-electron chi connectivity index (χ4n) is 1.34. The van der Waals surface area contributed by atoms with Gasteiger partial charge in [0.05, 0.1) is 12.1 Å². The lowest BCUT2D eigenvalue weighted by Crippen LogP contribution is -2.08. The van der Waals surface area contributed by atoms with Crippen LogP contribution in [0.5, 0.6) is 0 Å². The Balaban J connectivity index is 2.05. The number of rotatable bonds is 3. The van der Waals surface area contributed by atoms with Crippen LogP contribution in [0.15, 0.2) is 35.1 Å². The van der Waals surface area contributed by atoms with Gasteiger partial charge < -0.3 is 14.2 Å². The predicted molar refractivity (Wildman–Crippen MR) is 50.6 cm³/mol. The highest BCUT2D eigenvalue weighted by Crippen LogP contribution is 2.12. The number of aryl methyl sites for hydroxylation is 1. The Morgan fingerprint density at radius 2 is 2.21 bits per heavy atom. The molecule has 2 aromatic heterocycles. The molecule has 0 bridgehead atoms. The van der Waals surface area contributed by atoms with Crippen LogP contribution in [-0.4, -0.2) is 14.8 Å². The lowest BCUT2D eigenvalue weighted by Gasteiger charge is -2.09. The molecule has 0 amide bonds. The van der Waals surface area contributed by atoms with Crippen LogP contribution >= 0.6 is 0 Å². The van der Waals surface area contributed by atoms with Crippen molar-refractivity contribution in [2.24, 2.45) is 0 Å². The largest absolute Gasteiger partial charge is 0.373 e. The van der Waals surface area contributed by atoms with Gasteiger partial charge in [-0.05, 0) is 19.1 Å². The van der Waals surface area contributed by atoms with Gasteiger partial charge in [0, 0.05) is 18.5 Å². The van der Waals surface area contributed by atoms with Gasteiger partial charge in [-0.15, -0.1) is 0 Å². The van der Waals surface area contributed by atoms with Crippen molar-refractivity contribution in [2.45, 2.75) is 19.6 Å². The van der Waals surface area contributed by atoms with Gasteiger partial charge in [0.15, 0.2) is 0 Å². The molecule has 0 aliphatic heterocycles. The van der Waals surface area contributed by atoms with Crippen LogP contribution in [0.2, 0.25) is 0 Å². The highest BCUT2D eigenvalue weighted by atomic mass is 16.5. The second-order valence-electron chi connectivity index (χ2n) is 3.25. The van der Waals surface area contributed by atoms with Crippen molar-refractivity contribution >= 4 is 0 Å². The van der Waals surface area contributed by atoms with Crippen molar-refractivity contribution in [3.63, 3.8) is 0 Å². The first kappa shape index (κ1) is 9.02. The Morgan fingerprint density at radius 3 is 2.79 bits per heavy atom. The van der Waals surface area contributed by atoms with E-state index in [0.29, 0.717) is 12.2 Å². The SMILES string of the molecule is Cc1cc(C[C@@H](O)n2cccc2)on1. The van der Waals surface area contributed by atoms with Crippen molar-refractivity contribution in [1.82, 2.24) is 9.72 Å². The molecule has 74 valence electrons. The second kappa shape index (κ2) is 3.67. The highest BCUT2D eigenvalue weighted by Gasteiger charge is 2.09. The molecule has 0 unspecified atom stereocenters. The Bertz CT molecular complexity index is 392. The Labute approximate surface area is 81.8 Å². The maximum atomic E-state index is 9.75. The quantitative estimate of drug-likeness (QED) is 0.802. The van der Waals surface area contributed by atoms with E-state index in [2.05, 4.69) is 5.16 Å². The lowest BCUT2D eigenvalue weighted by molar-refractivity contribution is 0.0966. The van der Waals surface area contributed by atoms with Crippen molar-refractivity contribution in [1.29, 1.82) is 0 Å². The van der Waals surface area contributed by atoms with Gasteiger partial charge in [-0.3, -0.25) is 0 Å². The Morgan fingerprint density at radius 1 is 1.50 bits per heavy atom. The summed E-state index contributed by atoms with van der Waals surface area (Å²) in [5.74, 6) is 0.698. The molecule has 0 spiro atoms. The van der Waals surface area contributed by atoms with E-state index in [0.717, 1.165) is 5.69 Å². The number of hydrogen-bond donors (Lipinski definition) is 1. The summed E-state index contributed by atoms with van der Waals surface area (Å²) in [6.45, 7) is 1.86. The third kappa shape index (κ3) is 1.85. The van der Waals surface area contributed by atoms with Crippen LogP contribution in [0.25, 0.3) is 0 Å². The van der Waals surface area contributed by atoms with E-state index < -0.39 is 6.23 Å². The van der Waals surface area contributed by atoms with Gasteiger partial charge in [0.2, 0.25) is 0 Å². The lowest BCUT2D eigenvalue weighted by atomic mass is 10.3. The van der Waals surface area contributed by atoms with Crippen LogP contribution < -0.4 is 0 Å². The van der Waals surface area contributed by atoms with Gasteiger partial charge in [-0.25, -0.2) is 0 Å². The molecular formula is C10H12N2O2. The first-order valence-electron chi connectivity index (χ1n) is 4.48. The average Bonchev–Trinajstić information content (AvgIpc) is 2.75. The zero-order valence-corrected chi connectivity index (χ0v) is 7.92. The summed E-state index contributed by atoms with van der Waals surface area (Å²) >= 11 is 0. The summed E-state index contributed by atoms with van der Waals surface area (Å²) in [4.78, 5) is 0. The van der Waals surface area contributed by atoms with Crippen LogP contribution in [0.4, 0.5) is 0 Å². The number of aliphatic hydroxyl groups is 1. The molecule has 4 nitrogen and oxygen atoms in total. The molecule has 0 aromatic carbocycles. The van der Waals surface area contributed by atoms with E-state index >= 15 is 0 Å². The van der Waals surface area contributed by atoms with E-state index in [-0.39, 0.29) is 0 Å². The zero-order chi connectivity index (χ0) is 9.97. The summed E-state index contributed by atoms with van der Waals surface area (Å²) in [5, 5.41) is 13.5. The zero-order valence-electron chi connectivity index (χ0n) is 7.92. The Kier molecular flexibility index (Phi) is 2.37. The third-order valence-corrected chi connectivity index (χ3v) is 2.03. The number of aliphatic hydroxyl groups excluding tert-OH is 1. The van der Waals surface area contributed by atoms with E-state index in [1.807, 2.05) is 37.5 Å². The molecule has 0 saturated heterocycles. The fourth-order valence-corrected chi connectivity index (χ4v) is 1.34. The van der Waals surface area contributed by atoms with Gasteiger partial charge in [-0.2, -0.15) is 0 Å². The smallest absolute Gasteiger partial charge is 0.141 e. The topological polar surface area (TPSA) is 51.2 Å². The first-order valence-corrected chi connectivity index (χ1v) is 4.48. The van der Waals surface area contributed by atoms with E-state index in [4.69, 9.17) is 4.52 Å².